The van der Waals surface area contributed by atoms with Gasteiger partial charge in [-0.05, 0) is 33.4 Å². The zero-order chi connectivity index (χ0) is 6.69. The molecule has 0 unspecified atom stereocenters. The van der Waals surface area contributed by atoms with E-state index in [0.29, 0.717) is 0 Å². The first kappa shape index (κ1) is 7.07. The summed E-state index contributed by atoms with van der Waals surface area (Å²) in [6, 6.07) is 0.826. The molecule has 1 aliphatic rings. The second-order valence-electron chi connectivity index (χ2n) is 3.18. The predicted octanol–water partition coefficient (Wildman–Crippen LogP) is 1.88. The van der Waals surface area contributed by atoms with Gasteiger partial charge in [0, 0.05) is 6.04 Å². The van der Waals surface area contributed by atoms with Crippen LogP contribution in [0.3, 0.4) is 0 Å². The maximum absolute atomic E-state index is 2.47. The molecule has 0 spiro atoms. The van der Waals surface area contributed by atoms with Gasteiger partial charge in [0.1, 0.15) is 0 Å². The highest BCUT2D eigenvalue weighted by molar-refractivity contribution is 4.67. The standard InChI is InChI=1S/C8H17N/c1-8-6-4-3-5-7-9(8)2/h8H,3-7H2,1-2H3/t8-/m0/s1. The van der Waals surface area contributed by atoms with Crippen LogP contribution in [0.15, 0.2) is 0 Å². The van der Waals surface area contributed by atoms with Crippen LogP contribution < -0.4 is 0 Å². The lowest BCUT2D eigenvalue weighted by molar-refractivity contribution is 0.264. The average molecular weight is 127 g/mol. The smallest absolute Gasteiger partial charge is 0.00638 e. The van der Waals surface area contributed by atoms with Gasteiger partial charge in [-0.3, -0.25) is 0 Å². The molecule has 0 amide bonds. The van der Waals surface area contributed by atoms with Gasteiger partial charge in [0.2, 0.25) is 0 Å². The van der Waals surface area contributed by atoms with Gasteiger partial charge in [-0.15, -0.1) is 0 Å². The Kier molecular flexibility index (Phi) is 2.52. The molecule has 1 atom stereocenters. The molecule has 1 fully saturated rings. The summed E-state index contributed by atoms with van der Waals surface area (Å²) in [5.41, 5.74) is 0. The Bertz CT molecular complexity index is 70.6. The Labute approximate surface area is 58.0 Å². The Morgan fingerprint density at radius 2 is 2.00 bits per heavy atom. The van der Waals surface area contributed by atoms with Gasteiger partial charge in [-0.2, -0.15) is 0 Å². The van der Waals surface area contributed by atoms with E-state index >= 15 is 0 Å². The van der Waals surface area contributed by atoms with Gasteiger partial charge in [-0.25, -0.2) is 0 Å². The summed E-state index contributed by atoms with van der Waals surface area (Å²) in [7, 11) is 2.23. The van der Waals surface area contributed by atoms with Crippen LogP contribution in [-0.2, 0) is 0 Å². The Morgan fingerprint density at radius 3 is 2.78 bits per heavy atom. The molecule has 0 saturated carbocycles. The summed E-state index contributed by atoms with van der Waals surface area (Å²) < 4.78 is 0. The highest BCUT2D eigenvalue weighted by atomic mass is 15.1. The van der Waals surface area contributed by atoms with Gasteiger partial charge in [0.15, 0.2) is 0 Å². The van der Waals surface area contributed by atoms with Crippen molar-refractivity contribution in [1.29, 1.82) is 0 Å². The van der Waals surface area contributed by atoms with E-state index in [-0.39, 0.29) is 0 Å². The monoisotopic (exact) mass is 127 g/mol. The number of hydrogen-bond donors (Lipinski definition) is 0. The second-order valence-corrected chi connectivity index (χ2v) is 3.18. The third-order valence-electron chi connectivity index (χ3n) is 2.39. The lowest BCUT2D eigenvalue weighted by Gasteiger charge is -2.20. The summed E-state index contributed by atoms with van der Waals surface area (Å²) in [6.45, 7) is 3.63. The minimum absolute atomic E-state index is 0.826. The molecular formula is C8H17N. The molecule has 0 aromatic heterocycles. The highest BCUT2D eigenvalue weighted by Crippen LogP contribution is 2.13. The third-order valence-corrected chi connectivity index (χ3v) is 2.39. The van der Waals surface area contributed by atoms with Gasteiger partial charge < -0.3 is 4.90 Å². The molecule has 1 saturated heterocycles. The fourth-order valence-corrected chi connectivity index (χ4v) is 1.42. The van der Waals surface area contributed by atoms with E-state index in [1.165, 1.54) is 32.2 Å². The van der Waals surface area contributed by atoms with Crippen molar-refractivity contribution < 1.29 is 0 Å². The highest BCUT2D eigenvalue weighted by Gasteiger charge is 2.11. The molecule has 1 heterocycles. The molecule has 1 rings (SSSR count). The molecule has 0 aliphatic carbocycles. The molecule has 0 aromatic carbocycles. The van der Waals surface area contributed by atoms with Crippen LogP contribution in [0, 0.1) is 0 Å². The first-order chi connectivity index (χ1) is 4.30. The quantitative estimate of drug-likeness (QED) is 0.480. The van der Waals surface area contributed by atoms with Crippen molar-refractivity contribution in [3.8, 4) is 0 Å². The Balaban J connectivity index is 2.32. The van der Waals surface area contributed by atoms with E-state index < -0.39 is 0 Å². The van der Waals surface area contributed by atoms with Gasteiger partial charge in [0.05, 0.1) is 0 Å². The molecule has 9 heavy (non-hydrogen) atoms. The Hall–Kier alpha value is -0.0400. The van der Waals surface area contributed by atoms with Crippen molar-refractivity contribution in [2.24, 2.45) is 0 Å². The molecule has 0 aromatic rings. The van der Waals surface area contributed by atoms with E-state index in [2.05, 4.69) is 18.9 Å². The van der Waals surface area contributed by atoms with Crippen molar-refractivity contribution in [3.63, 3.8) is 0 Å². The predicted molar refractivity (Wildman–Crippen MR) is 40.6 cm³/mol. The molecular weight excluding hydrogens is 110 g/mol. The molecule has 1 aliphatic heterocycles. The third kappa shape index (κ3) is 1.98. The lowest BCUT2D eigenvalue weighted by Crippen LogP contribution is -2.27. The lowest BCUT2D eigenvalue weighted by atomic mass is 10.1. The van der Waals surface area contributed by atoms with Crippen molar-refractivity contribution in [2.75, 3.05) is 13.6 Å². The second kappa shape index (κ2) is 3.21. The summed E-state index contributed by atoms with van der Waals surface area (Å²) in [5.74, 6) is 0. The minimum Gasteiger partial charge on any atom is -0.304 e. The molecule has 0 radical (unpaired) electrons. The van der Waals surface area contributed by atoms with E-state index in [1.807, 2.05) is 0 Å². The van der Waals surface area contributed by atoms with Crippen LogP contribution in [0.5, 0.6) is 0 Å². The molecule has 1 heteroatoms. The van der Waals surface area contributed by atoms with Crippen molar-refractivity contribution >= 4 is 0 Å². The van der Waals surface area contributed by atoms with E-state index in [0.717, 1.165) is 6.04 Å². The summed E-state index contributed by atoms with van der Waals surface area (Å²) in [6.07, 6.45) is 5.68. The zero-order valence-corrected chi connectivity index (χ0v) is 6.56. The van der Waals surface area contributed by atoms with E-state index in [9.17, 15) is 0 Å². The van der Waals surface area contributed by atoms with Crippen molar-refractivity contribution in [3.05, 3.63) is 0 Å². The summed E-state index contributed by atoms with van der Waals surface area (Å²) in [5, 5.41) is 0. The van der Waals surface area contributed by atoms with Gasteiger partial charge in [-0.1, -0.05) is 12.8 Å². The van der Waals surface area contributed by atoms with Gasteiger partial charge >= 0.3 is 0 Å². The first-order valence-corrected chi connectivity index (χ1v) is 4.01. The number of nitrogens with zero attached hydrogens (tertiary/aromatic N) is 1. The zero-order valence-electron chi connectivity index (χ0n) is 6.56. The van der Waals surface area contributed by atoms with Crippen LogP contribution in [0.25, 0.3) is 0 Å². The number of rotatable bonds is 0. The van der Waals surface area contributed by atoms with E-state index in [4.69, 9.17) is 0 Å². The fraction of sp³-hybridized carbons (Fsp3) is 1.00. The minimum atomic E-state index is 0.826. The topological polar surface area (TPSA) is 3.24 Å². The van der Waals surface area contributed by atoms with Crippen LogP contribution in [0.2, 0.25) is 0 Å². The molecule has 0 N–H and O–H groups in total. The van der Waals surface area contributed by atoms with Crippen LogP contribution in [-0.4, -0.2) is 24.5 Å². The molecule has 1 nitrogen and oxygen atoms in total. The Morgan fingerprint density at radius 1 is 1.22 bits per heavy atom. The van der Waals surface area contributed by atoms with Crippen LogP contribution in [0.1, 0.15) is 32.6 Å². The number of likely N-dealkylation sites (tertiary alicyclic amines) is 1. The first-order valence-electron chi connectivity index (χ1n) is 4.01. The molecule has 0 bridgehead atoms. The maximum Gasteiger partial charge on any atom is 0.00638 e. The number of hydrogen-bond acceptors (Lipinski definition) is 1. The van der Waals surface area contributed by atoms with Crippen LogP contribution in [0.4, 0.5) is 0 Å². The van der Waals surface area contributed by atoms with Crippen molar-refractivity contribution in [2.45, 2.75) is 38.6 Å². The SMILES string of the molecule is C[C@H]1CCCCCN1C. The normalized spacial score (nSPS) is 32.0. The largest absolute Gasteiger partial charge is 0.304 e. The summed E-state index contributed by atoms with van der Waals surface area (Å²) >= 11 is 0. The van der Waals surface area contributed by atoms with Gasteiger partial charge in [0.25, 0.3) is 0 Å². The van der Waals surface area contributed by atoms with E-state index in [1.54, 1.807) is 0 Å². The summed E-state index contributed by atoms with van der Waals surface area (Å²) in [4.78, 5) is 2.47. The average Bonchev–Trinajstić information content (AvgIpc) is 1.99. The fourth-order valence-electron chi connectivity index (χ4n) is 1.42. The maximum atomic E-state index is 2.47. The van der Waals surface area contributed by atoms with Crippen molar-refractivity contribution in [1.82, 2.24) is 4.90 Å². The van der Waals surface area contributed by atoms with Crippen LogP contribution >= 0.6 is 0 Å². The molecule has 54 valence electrons.